The normalized spacial score (nSPS) is 10.8. The summed E-state index contributed by atoms with van der Waals surface area (Å²) in [5.41, 5.74) is 2.04. The molecule has 2 aromatic heterocycles. The lowest BCUT2D eigenvalue weighted by molar-refractivity contribution is 0.111. The second-order valence-corrected chi connectivity index (χ2v) is 4.25. The van der Waals surface area contributed by atoms with Gasteiger partial charge in [0.1, 0.15) is 0 Å². The highest BCUT2D eigenvalue weighted by Crippen LogP contribution is 2.21. The largest absolute Gasteiger partial charge is 0.296 e. The molecular formula is C12H14N4O. The minimum Gasteiger partial charge on any atom is -0.296 e. The van der Waals surface area contributed by atoms with Crippen LogP contribution in [0.25, 0.3) is 11.3 Å². The summed E-state index contributed by atoms with van der Waals surface area (Å²) in [6.45, 7) is 4.93. The standard InChI is InChI=1S/C12H14N4O/c1-9(2)7-16-12(11(8-17)14-15-16)10-3-5-13-6-4-10/h3-6,8-9H,7H2,1-2H3. The van der Waals surface area contributed by atoms with E-state index in [2.05, 4.69) is 29.1 Å². The molecule has 5 heteroatoms. The third-order valence-electron chi connectivity index (χ3n) is 2.36. The van der Waals surface area contributed by atoms with Crippen molar-refractivity contribution in [3.63, 3.8) is 0 Å². The molecule has 0 radical (unpaired) electrons. The molecule has 0 N–H and O–H groups in total. The molecule has 0 unspecified atom stereocenters. The van der Waals surface area contributed by atoms with Crippen LogP contribution in [0.15, 0.2) is 24.5 Å². The molecule has 0 spiro atoms. The first-order valence-electron chi connectivity index (χ1n) is 5.51. The SMILES string of the molecule is CC(C)Cn1nnc(C=O)c1-c1ccncc1. The van der Waals surface area contributed by atoms with Gasteiger partial charge in [-0.1, -0.05) is 19.1 Å². The van der Waals surface area contributed by atoms with E-state index in [1.54, 1.807) is 17.1 Å². The second-order valence-electron chi connectivity index (χ2n) is 4.25. The lowest BCUT2D eigenvalue weighted by Crippen LogP contribution is -2.08. The van der Waals surface area contributed by atoms with Gasteiger partial charge in [0.15, 0.2) is 12.0 Å². The lowest BCUT2D eigenvalue weighted by atomic mass is 10.1. The number of pyridine rings is 1. The summed E-state index contributed by atoms with van der Waals surface area (Å²) in [4.78, 5) is 14.9. The third kappa shape index (κ3) is 2.38. The number of rotatable bonds is 4. The van der Waals surface area contributed by atoms with Crippen molar-refractivity contribution in [2.24, 2.45) is 5.92 Å². The molecule has 0 amide bonds. The van der Waals surface area contributed by atoms with Crippen LogP contribution in [-0.4, -0.2) is 26.3 Å². The number of carbonyl (C=O) groups excluding carboxylic acids is 1. The van der Waals surface area contributed by atoms with E-state index in [1.807, 2.05) is 12.1 Å². The predicted molar refractivity (Wildman–Crippen MR) is 63.5 cm³/mol. The van der Waals surface area contributed by atoms with Crippen molar-refractivity contribution >= 4 is 6.29 Å². The number of aldehydes is 1. The molecule has 0 aliphatic carbocycles. The maximum atomic E-state index is 11.0. The van der Waals surface area contributed by atoms with Crippen molar-refractivity contribution in [3.05, 3.63) is 30.2 Å². The van der Waals surface area contributed by atoms with Gasteiger partial charge < -0.3 is 0 Å². The Bertz CT molecular complexity index is 504. The van der Waals surface area contributed by atoms with Gasteiger partial charge in [-0.25, -0.2) is 4.68 Å². The fourth-order valence-electron chi connectivity index (χ4n) is 1.69. The van der Waals surface area contributed by atoms with Crippen molar-refractivity contribution < 1.29 is 4.79 Å². The zero-order chi connectivity index (χ0) is 12.3. The fraction of sp³-hybridized carbons (Fsp3) is 0.333. The van der Waals surface area contributed by atoms with Crippen LogP contribution in [-0.2, 0) is 6.54 Å². The average molecular weight is 230 g/mol. The maximum absolute atomic E-state index is 11.0. The van der Waals surface area contributed by atoms with Crippen LogP contribution in [0.3, 0.4) is 0 Å². The summed E-state index contributed by atoms with van der Waals surface area (Å²) in [7, 11) is 0. The van der Waals surface area contributed by atoms with E-state index in [0.717, 1.165) is 24.1 Å². The van der Waals surface area contributed by atoms with Crippen molar-refractivity contribution in [1.29, 1.82) is 0 Å². The molecule has 0 aliphatic heterocycles. The molecule has 0 atom stereocenters. The van der Waals surface area contributed by atoms with Gasteiger partial charge in [-0.3, -0.25) is 9.78 Å². The number of hydrogen-bond acceptors (Lipinski definition) is 4. The quantitative estimate of drug-likeness (QED) is 0.751. The molecule has 2 heterocycles. The Balaban J connectivity index is 2.49. The van der Waals surface area contributed by atoms with Gasteiger partial charge >= 0.3 is 0 Å². The molecular weight excluding hydrogens is 216 g/mol. The molecule has 0 fully saturated rings. The van der Waals surface area contributed by atoms with Gasteiger partial charge in [0.05, 0.1) is 5.69 Å². The fourth-order valence-corrected chi connectivity index (χ4v) is 1.69. The maximum Gasteiger partial charge on any atom is 0.172 e. The Morgan fingerprint density at radius 2 is 2.06 bits per heavy atom. The van der Waals surface area contributed by atoms with E-state index in [9.17, 15) is 4.79 Å². The summed E-state index contributed by atoms with van der Waals surface area (Å²) in [5, 5.41) is 7.91. The van der Waals surface area contributed by atoms with E-state index in [-0.39, 0.29) is 0 Å². The molecule has 5 nitrogen and oxygen atoms in total. The monoisotopic (exact) mass is 230 g/mol. The molecule has 88 valence electrons. The zero-order valence-corrected chi connectivity index (χ0v) is 9.87. The van der Waals surface area contributed by atoms with Crippen LogP contribution in [0, 0.1) is 5.92 Å². The minimum absolute atomic E-state index is 0.372. The van der Waals surface area contributed by atoms with Gasteiger partial charge in [0.2, 0.25) is 0 Å². The molecule has 2 aromatic rings. The smallest absolute Gasteiger partial charge is 0.172 e. The molecule has 17 heavy (non-hydrogen) atoms. The third-order valence-corrected chi connectivity index (χ3v) is 2.36. The Morgan fingerprint density at radius 1 is 1.35 bits per heavy atom. The van der Waals surface area contributed by atoms with E-state index in [1.165, 1.54) is 0 Å². The topological polar surface area (TPSA) is 60.7 Å². The van der Waals surface area contributed by atoms with Crippen LogP contribution in [0.2, 0.25) is 0 Å². The number of carbonyl (C=O) groups is 1. The van der Waals surface area contributed by atoms with E-state index >= 15 is 0 Å². The summed E-state index contributed by atoms with van der Waals surface area (Å²) in [5.74, 6) is 0.441. The Kier molecular flexibility index (Phi) is 3.27. The Hall–Kier alpha value is -2.04. The summed E-state index contributed by atoms with van der Waals surface area (Å²) in [6.07, 6.45) is 4.12. The van der Waals surface area contributed by atoms with Crippen LogP contribution in [0.4, 0.5) is 0 Å². The second kappa shape index (κ2) is 4.86. The first-order chi connectivity index (χ1) is 8.22. The van der Waals surface area contributed by atoms with Crippen LogP contribution < -0.4 is 0 Å². The van der Waals surface area contributed by atoms with Crippen LogP contribution >= 0.6 is 0 Å². The van der Waals surface area contributed by atoms with E-state index < -0.39 is 0 Å². The van der Waals surface area contributed by atoms with Crippen molar-refractivity contribution in [3.8, 4) is 11.3 Å². The van der Waals surface area contributed by atoms with Crippen molar-refractivity contribution in [2.45, 2.75) is 20.4 Å². The van der Waals surface area contributed by atoms with Crippen LogP contribution in [0.1, 0.15) is 24.3 Å². The summed E-state index contributed by atoms with van der Waals surface area (Å²) >= 11 is 0. The van der Waals surface area contributed by atoms with Gasteiger partial charge in [-0.05, 0) is 18.1 Å². The molecule has 0 aliphatic rings. The van der Waals surface area contributed by atoms with Gasteiger partial charge in [-0.15, -0.1) is 5.10 Å². The predicted octanol–water partition coefficient (Wildman–Crippen LogP) is 1.81. The minimum atomic E-state index is 0.372. The molecule has 0 aromatic carbocycles. The molecule has 2 rings (SSSR count). The van der Waals surface area contributed by atoms with Crippen LogP contribution in [0.5, 0.6) is 0 Å². The number of aromatic nitrogens is 4. The molecule has 0 bridgehead atoms. The van der Waals surface area contributed by atoms with E-state index in [4.69, 9.17) is 0 Å². The van der Waals surface area contributed by atoms with Crippen molar-refractivity contribution in [1.82, 2.24) is 20.0 Å². The first-order valence-corrected chi connectivity index (χ1v) is 5.51. The van der Waals surface area contributed by atoms with Gasteiger partial charge in [-0.2, -0.15) is 0 Å². The summed E-state index contributed by atoms with van der Waals surface area (Å²) < 4.78 is 1.77. The average Bonchev–Trinajstić information content (AvgIpc) is 2.72. The van der Waals surface area contributed by atoms with Gasteiger partial charge in [0.25, 0.3) is 0 Å². The molecule has 0 saturated heterocycles. The summed E-state index contributed by atoms with van der Waals surface area (Å²) in [6, 6.07) is 3.70. The highest BCUT2D eigenvalue weighted by atomic mass is 16.1. The Morgan fingerprint density at radius 3 is 2.65 bits per heavy atom. The van der Waals surface area contributed by atoms with Crippen molar-refractivity contribution in [2.75, 3.05) is 0 Å². The number of nitrogens with zero attached hydrogens (tertiary/aromatic N) is 4. The zero-order valence-electron chi connectivity index (χ0n) is 9.87. The van der Waals surface area contributed by atoms with E-state index in [0.29, 0.717) is 11.6 Å². The highest BCUT2D eigenvalue weighted by Gasteiger charge is 2.14. The Labute approximate surface area is 99.5 Å². The highest BCUT2D eigenvalue weighted by molar-refractivity contribution is 5.83. The lowest BCUT2D eigenvalue weighted by Gasteiger charge is -2.08. The first kappa shape index (κ1) is 11.4. The van der Waals surface area contributed by atoms with Gasteiger partial charge in [0, 0.05) is 24.5 Å². The molecule has 0 saturated carbocycles. The number of hydrogen-bond donors (Lipinski definition) is 0.